The summed E-state index contributed by atoms with van der Waals surface area (Å²) in [6.45, 7) is 6.03. The van der Waals surface area contributed by atoms with Crippen molar-refractivity contribution in [3.05, 3.63) is 24.3 Å². The molecule has 0 amide bonds. The highest BCUT2D eigenvalue weighted by Crippen LogP contribution is 2.15. The molecule has 0 aromatic rings. The Kier molecular flexibility index (Phi) is 28.8. The largest absolute Gasteiger partial charge is 0.465 e. The maximum Gasteiger partial charge on any atom is 0.306 e. The number of carbonyl (C=O) groups excluding carboxylic acids is 3. The normalized spacial score (nSPS) is 11.7. The molecule has 0 aliphatic rings. The van der Waals surface area contributed by atoms with Crippen LogP contribution in [0.5, 0.6) is 0 Å². The number of hydrogen-bond acceptors (Lipinski definition) is 7. The van der Waals surface area contributed by atoms with Gasteiger partial charge in [0.05, 0.1) is 13.2 Å². The molecular formula is C35H63NO6. The lowest BCUT2D eigenvalue weighted by Gasteiger charge is -2.18. The first-order valence-corrected chi connectivity index (χ1v) is 16.8. The Morgan fingerprint density at radius 3 is 1.48 bits per heavy atom. The third kappa shape index (κ3) is 29.3. The molecule has 0 aromatic heterocycles. The van der Waals surface area contributed by atoms with Crippen LogP contribution in [-0.2, 0) is 28.6 Å². The van der Waals surface area contributed by atoms with E-state index < -0.39 is 0 Å². The second-order valence-electron chi connectivity index (χ2n) is 11.5. The molecule has 0 aliphatic heterocycles. The minimum Gasteiger partial charge on any atom is -0.465 e. The van der Waals surface area contributed by atoms with E-state index in [-0.39, 0.29) is 24.0 Å². The molecule has 42 heavy (non-hydrogen) atoms. The lowest BCUT2D eigenvalue weighted by molar-refractivity contribution is -0.150. The van der Waals surface area contributed by atoms with Crippen LogP contribution in [0.1, 0.15) is 142 Å². The fourth-order valence-electron chi connectivity index (χ4n) is 4.47. The van der Waals surface area contributed by atoms with Crippen LogP contribution in [0.4, 0.5) is 0 Å². The van der Waals surface area contributed by atoms with Crippen molar-refractivity contribution in [2.75, 3.05) is 33.9 Å². The van der Waals surface area contributed by atoms with Gasteiger partial charge >= 0.3 is 17.9 Å². The second kappa shape index (κ2) is 30.3. The molecule has 7 nitrogen and oxygen atoms in total. The van der Waals surface area contributed by atoms with Crippen molar-refractivity contribution in [2.24, 2.45) is 0 Å². The van der Waals surface area contributed by atoms with Gasteiger partial charge in [-0.1, -0.05) is 76.7 Å². The van der Waals surface area contributed by atoms with Gasteiger partial charge in [-0.2, -0.15) is 0 Å². The molecule has 0 rings (SSSR count). The molecule has 0 unspecified atom stereocenters. The van der Waals surface area contributed by atoms with E-state index in [0.717, 1.165) is 38.6 Å². The number of ether oxygens (including phenoxy) is 3. The first-order chi connectivity index (χ1) is 20.4. The van der Waals surface area contributed by atoms with Gasteiger partial charge in [-0.25, -0.2) is 0 Å². The molecule has 0 spiro atoms. The van der Waals surface area contributed by atoms with Crippen LogP contribution in [0.15, 0.2) is 24.3 Å². The number of nitrogens with zero attached hydrogens (tertiary/aromatic N) is 1. The molecular weight excluding hydrogens is 530 g/mol. The Hall–Kier alpha value is -2.15. The zero-order valence-electron chi connectivity index (χ0n) is 27.5. The lowest BCUT2D eigenvalue weighted by atomic mass is 10.1. The number of allylic oxidation sites excluding steroid dienone is 2. The highest BCUT2D eigenvalue weighted by molar-refractivity contribution is 5.70. The van der Waals surface area contributed by atoms with Crippen molar-refractivity contribution in [1.29, 1.82) is 0 Å². The summed E-state index contributed by atoms with van der Waals surface area (Å²) in [7, 11) is 3.95. The van der Waals surface area contributed by atoms with Crippen molar-refractivity contribution >= 4 is 17.9 Å². The maximum atomic E-state index is 12.4. The van der Waals surface area contributed by atoms with Gasteiger partial charge in [0.1, 0.15) is 6.10 Å². The van der Waals surface area contributed by atoms with Crippen LogP contribution in [0.25, 0.3) is 0 Å². The molecule has 0 radical (unpaired) electrons. The van der Waals surface area contributed by atoms with Gasteiger partial charge in [0, 0.05) is 19.3 Å². The van der Waals surface area contributed by atoms with Crippen LogP contribution in [0.3, 0.4) is 0 Å². The third-order valence-electron chi connectivity index (χ3n) is 6.98. The Morgan fingerprint density at radius 1 is 0.571 bits per heavy atom. The lowest BCUT2D eigenvalue weighted by Crippen LogP contribution is -2.21. The molecule has 0 atom stereocenters. The van der Waals surface area contributed by atoms with Gasteiger partial charge in [0.2, 0.25) is 0 Å². The summed E-state index contributed by atoms with van der Waals surface area (Å²) >= 11 is 0. The molecule has 0 N–H and O–H groups in total. The minimum absolute atomic E-state index is 0.221. The monoisotopic (exact) mass is 593 g/mol. The predicted molar refractivity (Wildman–Crippen MR) is 172 cm³/mol. The third-order valence-corrected chi connectivity index (χ3v) is 6.98. The van der Waals surface area contributed by atoms with Gasteiger partial charge in [0.25, 0.3) is 0 Å². The number of hydrogen-bond donors (Lipinski definition) is 0. The van der Waals surface area contributed by atoms with Crippen molar-refractivity contribution in [3.63, 3.8) is 0 Å². The van der Waals surface area contributed by atoms with Crippen LogP contribution in [-0.4, -0.2) is 62.8 Å². The number of rotatable bonds is 29. The molecule has 0 heterocycles. The SMILES string of the molecule is CCCCCC/C=C\CCOC(=O)CCCC(CCCC(=O)OCC/C=C\CCCCCC)OC(=O)CCCN(C)C. The Balaban J connectivity index is 4.31. The summed E-state index contributed by atoms with van der Waals surface area (Å²) in [6.07, 6.45) is 25.8. The van der Waals surface area contributed by atoms with Gasteiger partial charge in [-0.15, -0.1) is 0 Å². The van der Waals surface area contributed by atoms with Gasteiger partial charge in [-0.3, -0.25) is 14.4 Å². The molecule has 0 fully saturated rings. The molecule has 0 saturated carbocycles. The highest BCUT2D eigenvalue weighted by atomic mass is 16.5. The van der Waals surface area contributed by atoms with E-state index in [4.69, 9.17) is 14.2 Å². The van der Waals surface area contributed by atoms with Crippen molar-refractivity contribution in [2.45, 2.75) is 148 Å². The first kappa shape index (κ1) is 39.8. The Labute approximate surface area is 257 Å². The standard InChI is InChI=1S/C35H63NO6/c1-5-7-9-11-13-15-17-19-30-40-33(37)26-21-24-32(42-35(39)28-23-29-36(3)4)25-22-27-34(38)41-31-20-18-16-14-12-10-8-6-2/h15-18,32H,5-14,19-31H2,1-4H3/b17-15-,18-16-. The highest BCUT2D eigenvalue weighted by Gasteiger charge is 2.16. The van der Waals surface area contributed by atoms with E-state index >= 15 is 0 Å². The number of esters is 3. The van der Waals surface area contributed by atoms with E-state index in [1.807, 2.05) is 19.0 Å². The predicted octanol–water partition coefficient (Wildman–Crippen LogP) is 8.50. The fraction of sp³-hybridized carbons (Fsp3) is 0.800. The summed E-state index contributed by atoms with van der Waals surface area (Å²) in [4.78, 5) is 38.8. The van der Waals surface area contributed by atoms with Crippen molar-refractivity contribution < 1.29 is 28.6 Å². The minimum atomic E-state index is -0.316. The maximum absolute atomic E-state index is 12.4. The topological polar surface area (TPSA) is 82.1 Å². The molecule has 7 heteroatoms. The van der Waals surface area contributed by atoms with Gasteiger partial charge in [-0.05, 0) is 91.3 Å². The van der Waals surface area contributed by atoms with E-state index in [2.05, 4.69) is 38.2 Å². The Morgan fingerprint density at radius 2 is 1.02 bits per heavy atom. The fourth-order valence-corrected chi connectivity index (χ4v) is 4.47. The summed E-state index contributed by atoms with van der Waals surface area (Å²) in [5, 5.41) is 0. The molecule has 0 bridgehead atoms. The van der Waals surface area contributed by atoms with E-state index in [9.17, 15) is 14.4 Å². The van der Waals surface area contributed by atoms with Crippen LogP contribution >= 0.6 is 0 Å². The number of unbranched alkanes of at least 4 members (excludes halogenated alkanes) is 8. The summed E-state index contributed by atoms with van der Waals surface area (Å²) in [5.74, 6) is -0.669. The average Bonchev–Trinajstić information content (AvgIpc) is 2.95. The van der Waals surface area contributed by atoms with Crippen molar-refractivity contribution in [3.8, 4) is 0 Å². The van der Waals surface area contributed by atoms with Crippen LogP contribution in [0.2, 0.25) is 0 Å². The van der Waals surface area contributed by atoms with Gasteiger partial charge < -0.3 is 19.1 Å². The molecule has 0 saturated heterocycles. The smallest absolute Gasteiger partial charge is 0.306 e. The molecule has 0 aromatic carbocycles. The summed E-state index contributed by atoms with van der Waals surface area (Å²) in [5.41, 5.74) is 0. The van der Waals surface area contributed by atoms with Crippen LogP contribution in [0, 0.1) is 0 Å². The average molecular weight is 594 g/mol. The first-order valence-electron chi connectivity index (χ1n) is 16.8. The quantitative estimate of drug-likeness (QED) is 0.0372. The van der Waals surface area contributed by atoms with Crippen molar-refractivity contribution in [1.82, 2.24) is 4.90 Å². The van der Waals surface area contributed by atoms with Gasteiger partial charge in [0.15, 0.2) is 0 Å². The Bertz CT molecular complexity index is 672. The number of carbonyl (C=O) groups is 3. The zero-order chi connectivity index (χ0) is 31.1. The molecule has 0 aliphatic carbocycles. The van der Waals surface area contributed by atoms with E-state index in [1.165, 1.54) is 51.4 Å². The summed E-state index contributed by atoms with van der Waals surface area (Å²) < 4.78 is 16.4. The second-order valence-corrected chi connectivity index (χ2v) is 11.5. The van der Waals surface area contributed by atoms with E-state index in [1.54, 1.807) is 0 Å². The van der Waals surface area contributed by atoms with E-state index in [0.29, 0.717) is 58.2 Å². The summed E-state index contributed by atoms with van der Waals surface area (Å²) in [6, 6.07) is 0. The molecule has 244 valence electrons. The van der Waals surface area contributed by atoms with Crippen LogP contribution < -0.4 is 0 Å². The zero-order valence-corrected chi connectivity index (χ0v) is 27.5.